The van der Waals surface area contributed by atoms with E-state index >= 15 is 0 Å². The molecule has 1 aromatic carbocycles. The SMILES string of the molecule is COc1ccc(OC)c(CN2CCC(CO)C2)c1. The van der Waals surface area contributed by atoms with E-state index in [1.165, 1.54) is 0 Å². The first-order chi connectivity index (χ1) is 8.76. The summed E-state index contributed by atoms with van der Waals surface area (Å²) in [6.45, 7) is 3.12. The highest BCUT2D eigenvalue weighted by atomic mass is 16.5. The fraction of sp³-hybridized carbons (Fsp3) is 0.571. The molecule has 1 fully saturated rings. The Morgan fingerprint density at radius 1 is 1.33 bits per heavy atom. The van der Waals surface area contributed by atoms with Crippen molar-refractivity contribution >= 4 is 0 Å². The summed E-state index contributed by atoms with van der Waals surface area (Å²) in [7, 11) is 3.36. The highest BCUT2D eigenvalue weighted by molar-refractivity contribution is 5.40. The summed E-state index contributed by atoms with van der Waals surface area (Å²) in [5.41, 5.74) is 1.13. The van der Waals surface area contributed by atoms with Crippen LogP contribution in [0.4, 0.5) is 0 Å². The van der Waals surface area contributed by atoms with Crippen LogP contribution >= 0.6 is 0 Å². The predicted molar refractivity (Wildman–Crippen MR) is 70.0 cm³/mol. The summed E-state index contributed by atoms with van der Waals surface area (Å²) in [5, 5.41) is 9.16. The first-order valence-electron chi connectivity index (χ1n) is 6.31. The molecule has 18 heavy (non-hydrogen) atoms. The molecule has 1 saturated heterocycles. The van der Waals surface area contributed by atoms with Crippen molar-refractivity contribution in [2.45, 2.75) is 13.0 Å². The van der Waals surface area contributed by atoms with E-state index in [0.29, 0.717) is 5.92 Å². The molecule has 0 aliphatic carbocycles. The summed E-state index contributed by atoms with van der Waals surface area (Å²) in [4.78, 5) is 2.35. The number of methoxy groups -OCH3 is 2. The van der Waals surface area contributed by atoms with Crippen LogP contribution in [0.25, 0.3) is 0 Å². The lowest BCUT2D eigenvalue weighted by Gasteiger charge is -2.18. The van der Waals surface area contributed by atoms with Gasteiger partial charge in [-0.1, -0.05) is 0 Å². The molecule has 1 N–H and O–H groups in total. The van der Waals surface area contributed by atoms with E-state index in [1.807, 2.05) is 18.2 Å². The van der Waals surface area contributed by atoms with Crippen LogP contribution in [0.15, 0.2) is 18.2 Å². The summed E-state index contributed by atoms with van der Waals surface area (Å²) in [5.74, 6) is 2.16. The highest BCUT2D eigenvalue weighted by Gasteiger charge is 2.22. The van der Waals surface area contributed by atoms with Crippen molar-refractivity contribution in [3.8, 4) is 11.5 Å². The van der Waals surface area contributed by atoms with Gasteiger partial charge in [0, 0.05) is 25.3 Å². The molecule has 1 aliphatic rings. The molecule has 1 aliphatic heterocycles. The van der Waals surface area contributed by atoms with Crippen molar-refractivity contribution in [1.29, 1.82) is 0 Å². The average Bonchev–Trinajstić information content (AvgIpc) is 2.86. The van der Waals surface area contributed by atoms with Crippen LogP contribution in [-0.2, 0) is 6.54 Å². The summed E-state index contributed by atoms with van der Waals surface area (Å²) >= 11 is 0. The van der Waals surface area contributed by atoms with E-state index < -0.39 is 0 Å². The van der Waals surface area contributed by atoms with Gasteiger partial charge in [0.05, 0.1) is 14.2 Å². The van der Waals surface area contributed by atoms with Crippen LogP contribution in [0.1, 0.15) is 12.0 Å². The van der Waals surface area contributed by atoms with Gasteiger partial charge >= 0.3 is 0 Å². The van der Waals surface area contributed by atoms with Gasteiger partial charge in [-0.15, -0.1) is 0 Å². The molecular weight excluding hydrogens is 230 g/mol. The Morgan fingerprint density at radius 3 is 2.78 bits per heavy atom. The minimum atomic E-state index is 0.283. The van der Waals surface area contributed by atoms with E-state index in [1.54, 1.807) is 14.2 Å². The van der Waals surface area contributed by atoms with Crippen LogP contribution in [0, 0.1) is 5.92 Å². The van der Waals surface area contributed by atoms with E-state index in [4.69, 9.17) is 14.6 Å². The zero-order valence-electron chi connectivity index (χ0n) is 11.1. The molecule has 4 nitrogen and oxygen atoms in total. The standard InChI is InChI=1S/C14H21NO3/c1-17-13-3-4-14(18-2)12(7-13)9-15-6-5-11(8-15)10-16/h3-4,7,11,16H,5-6,8-10H2,1-2H3. The first-order valence-corrected chi connectivity index (χ1v) is 6.31. The Bertz CT molecular complexity index is 395. The van der Waals surface area contributed by atoms with Gasteiger partial charge in [-0.2, -0.15) is 0 Å². The number of aliphatic hydroxyl groups excluding tert-OH is 1. The van der Waals surface area contributed by atoms with Crippen LogP contribution in [0.2, 0.25) is 0 Å². The third-order valence-corrected chi connectivity index (χ3v) is 3.51. The van der Waals surface area contributed by atoms with Gasteiger partial charge in [0.1, 0.15) is 11.5 Å². The van der Waals surface area contributed by atoms with Crippen molar-refractivity contribution in [1.82, 2.24) is 4.90 Å². The molecule has 0 bridgehead atoms. The summed E-state index contributed by atoms with van der Waals surface area (Å²) in [6, 6.07) is 5.86. The van der Waals surface area contributed by atoms with E-state index in [0.717, 1.165) is 43.1 Å². The second-order valence-electron chi connectivity index (χ2n) is 4.75. The smallest absolute Gasteiger partial charge is 0.123 e. The third kappa shape index (κ3) is 2.94. The predicted octanol–water partition coefficient (Wildman–Crippen LogP) is 1.52. The Balaban J connectivity index is 2.07. The fourth-order valence-corrected chi connectivity index (χ4v) is 2.45. The summed E-state index contributed by atoms with van der Waals surface area (Å²) < 4.78 is 10.6. The molecule has 0 amide bonds. The minimum absolute atomic E-state index is 0.283. The molecule has 0 aromatic heterocycles. The average molecular weight is 251 g/mol. The zero-order valence-corrected chi connectivity index (χ0v) is 11.1. The van der Waals surface area contributed by atoms with E-state index in [9.17, 15) is 0 Å². The van der Waals surface area contributed by atoms with Crippen LogP contribution in [0.3, 0.4) is 0 Å². The largest absolute Gasteiger partial charge is 0.497 e. The van der Waals surface area contributed by atoms with Crippen LogP contribution in [-0.4, -0.2) is 43.9 Å². The monoisotopic (exact) mass is 251 g/mol. The van der Waals surface area contributed by atoms with Crippen molar-refractivity contribution in [2.24, 2.45) is 5.92 Å². The molecule has 1 aromatic rings. The number of hydrogen-bond acceptors (Lipinski definition) is 4. The van der Waals surface area contributed by atoms with Crippen molar-refractivity contribution < 1.29 is 14.6 Å². The number of benzene rings is 1. The number of ether oxygens (including phenoxy) is 2. The molecule has 0 radical (unpaired) electrons. The van der Waals surface area contributed by atoms with Crippen molar-refractivity contribution in [2.75, 3.05) is 33.9 Å². The lowest BCUT2D eigenvalue weighted by atomic mass is 10.1. The maximum atomic E-state index is 9.16. The van der Waals surface area contributed by atoms with Crippen molar-refractivity contribution in [3.05, 3.63) is 23.8 Å². The second kappa shape index (κ2) is 6.07. The normalized spacial score (nSPS) is 20.1. The zero-order chi connectivity index (χ0) is 13.0. The second-order valence-corrected chi connectivity index (χ2v) is 4.75. The quantitative estimate of drug-likeness (QED) is 0.861. The van der Waals surface area contributed by atoms with Gasteiger partial charge < -0.3 is 14.6 Å². The van der Waals surface area contributed by atoms with Crippen LogP contribution < -0.4 is 9.47 Å². The number of nitrogens with zero attached hydrogens (tertiary/aromatic N) is 1. The maximum absolute atomic E-state index is 9.16. The van der Waals surface area contributed by atoms with Gasteiger partial charge in [-0.05, 0) is 37.1 Å². The molecule has 1 unspecified atom stereocenters. The molecule has 4 heteroatoms. The molecule has 100 valence electrons. The Kier molecular flexibility index (Phi) is 4.44. The Morgan fingerprint density at radius 2 is 2.17 bits per heavy atom. The first kappa shape index (κ1) is 13.2. The molecule has 0 saturated carbocycles. The molecule has 2 rings (SSSR count). The molecular formula is C14H21NO3. The Hall–Kier alpha value is -1.26. The van der Waals surface area contributed by atoms with Gasteiger partial charge in [-0.25, -0.2) is 0 Å². The number of rotatable bonds is 5. The number of aliphatic hydroxyl groups is 1. The maximum Gasteiger partial charge on any atom is 0.123 e. The topological polar surface area (TPSA) is 41.9 Å². The minimum Gasteiger partial charge on any atom is -0.497 e. The van der Waals surface area contributed by atoms with E-state index in [2.05, 4.69) is 4.90 Å². The Labute approximate surface area is 108 Å². The summed E-state index contributed by atoms with van der Waals surface area (Å²) in [6.07, 6.45) is 1.07. The highest BCUT2D eigenvalue weighted by Crippen LogP contribution is 2.27. The lowest BCUT2D eigenvalue weighted by Crippen LogP contribution is -2.21. The van der Waals surface area contributed by atoms with Gasteiger partial charge in [0.2, 0.25) is 0 Å². The van der Waals surface area contributed by atoms with Crippen LogP contribution in [0.5, 0.6) is 11.5 Å². The van der Waals surface area contributed by atoms with Crippen molar-refractivity contribution in [3.63, 3.8) is 0 Å². The lowest BCUT2D eigenvalue weighted by molar-refractivity contribution is 0.219. The van der Waals surface area contributed by atoms with Gasteiger partial charge in [0.15, 0.2) is 0 Å². The fourth-order valence-electron chi connectivity index (χ4n) is 2.45. The third-order valence-electron chi connectivity index (χ3n) is 3.51. The van der Waals surface area contributed by atoms with Gasteiger partial charge in [-0.3, -0.25) is 4.90 Å². The van der Waals surface area contributed by atoms with E-state index in [-0.39, 0.29) is 6.61 Å². The molecule has 1 atom stereocenters. The number of hydrogen-bond donors (Lipinski definition) is 1. The molecule has 1 heterocycles. The van der Waals surface area contributed by atoms with Gasteiger partial charge in [0.25, 0.3) is 0 Å². The number of likely N-dealkylation sites (tertiary alicyclic amines) is 1. The molecule has 0 spiro atoms.